The zero-order chi connectivity index (χ0) is 12.4. The molecule has 90 valence electrons. The smallest absolute Gasteiger partial charge is 0.148 e. The van der Waals surface area contributed by atoms with Crippen LogP contribution in [0.2, 0.25) is 5.02 Å². The Morgan fingerprint density at radius 2 is 2.24 bits per heavy atom. The summed E-state index contributed by atoms with van der Waals surface area (Å²) >= 11 is 5.92. The summed E-state index contributed by atoms with van der Waals surface area (Å²) in [6.07, 6.45) is 0. The van der Waals surface area contributed by atoms with Crippen LogP contribution in [-0.4, -0.2) is 9.78 Å². The van der Waals surface area contributed by atoms with Crippen LogP contribution in [0, 0.1) is 6.92 Å². The standard InChI is InChI=1S/C12H15ClN4/c1-8-11(14)12(17(2)16-8)15-7-9-4-3-5-10(13)6-9/h3-6,15H,7,14H2,1-2H3. The van der Waals surface area contributed by atoms with E-state index in [2.05, 4.69) is 10.4 Å². The third-order valence-corrected chi connectivity index (χ3v) is 2.85. The number of anilines is 2. The van der Waals surface area contributed by atoms with Gasteiger partial charge < -0.3 is 11.1 Å². The summed E-state index contributed by atoms with van der Waals surface area (Å²) in [5.41, 5.74) is 8.56. The van der Waals surface area contributed by atoms with Gasteiger partial charge in [0.15, 0.2) is 0 Å². The predicted molar refractivity (Wildman–Crippen MR) is 71.1 cm³/mol. The molecule has 4 nitrogen and oxygen atoms in total. The van der Waals surface area contributed by atoms with Crippen molar-refractivity contribution in [2.45, 2.75) is 13.5 Å². The first-order valence-electron chi connectivity index (χ1n) is 5.35. The molecule has 0 saturated heterocycles. The van der Waals surface area contributed by atoms with Crippen LogP contribution in [0.5, 0.6) is 0 Å². The highest BCUT2D eigenvalue weighted by atomic mass is 35.5. The van der Waals surface area contributed by atoms with E-state index in [0.29, 0.717) is 12.2 Å². The van der Waals surface area contributed by atoms with Crippen molar-refractivity contribution in [3.63, 3.8) is 0 Å². The molecule has 3 N–H and O–H groups in total. The molecule has 0 aliphatic carbocycles. The van der Waals surface area contributed by atoms with E-state index in [1.807, 2.05) is 38.2 Å². The lowest BCUT2D eigenvalue weighted by Gasteiger charge is -2.08. The monoisotopic (exact) mass is 250 g/mol. The van der Waals surface area contributed by atoms with E-state index in [9.17, 15) is 0 Å². The first kappa shape index (κ1) is 11.8. The van der Waals surface area contributed by atoms with Crippen LogP contribution in [0.4, 0.5) is 11.5 Å². The minimum atomic E-state index is 0.670. The Hall–Kier alpha value is -1.68. The summed E-state index contributed by atoms with van der Waals surface area (Å²) in [6, 6.07) is 7.72. The predicted octanol–water partition coefficient (Wildman–Crippen LogP) is 2.58. The molecule has 0 aliphatic heterocycles. The number of nitrogens with zero attached hydrogens (tertiary/aromatic N) is 2. The van der Waals surface area contributed by atoms with Gasteiger partial charge in [-0.2, -0.15) is 5.10 Å². The van der Waals surface area contributed by atoms with Gasteiger partial charge in [0.2, 0.25) is 0 Å². The number of nitrogen functional groups attached to an aromatic ring is 1. The van der Waals surface area contributed by atoms with Gasteiger partial charge in [-0.05, 0) is 24.6 Å². The van der Waals surface area contributed by atoms with Crippen LogP contribution >= 0.6 is 11.6 Å². The Morgan fingerprint density at radius 1 is 1.47 bits per heavy atom. The number of aromatic nitrogens is 2. The minimum absolute atomic E-state index is 0.670. The maximum absolute atomic E-state index is 5.93. The zero-order valence-electron chi connectivity index (χ0n) is 9.87. The number of benzene rings is 1. The quantitative estimate of drug-likeness (QED) is 0.880. The van der Waals surface area contributed by atoms with E-state index < -0.39 is 0 Å². The molecule has 5 heteroatoms. The molecule has 1 aromatic heterocycles. The number of hydrogen-bond acceptors (Lipinski definition) is 3. The molecule has 0 amide bonds. The summed E-state index contributed by atoms with van der Waals surface area (Å²) in [7, 11) is 1.86. The van der Waals surface area contributed by atoms with Crippen LogP contribution in [0.3, 0.4) is 0 Å². The van der Waals surface area contributed by atoms with Crippen molar-refractivity contribution in [2.24, 2.45) is 7.05 Å². The number of rotatable bonds is 3. The average Bonchev–Trinajstić information content (AvgIpc) is 2.51. The topological polar surface area (TPSA) is 55.9 Å². The first-order chi connectivity index (χ1) is 8.08. The van der Waals surface area contributed by atoms with E-state index in [4.69, 9.17) is 17.3 Å². The highest BCUT2D eigenvalue weighted by molar-refractivity contribution is 6.30. The Labute approximate surface area is 105 Å². The molecule has 0 saturated carbocycles. The summed E-state index contributed by atoms with van der Waals surface area (Å²) in [5.74, 6) is 0.836. The molecule has 0 aliphatic rings. The van der Waals surface area contributed by atoms with Crippen LogP contribution in [0.25, 0.3) is 0 Å². The lowest BCUT2D eigenvalue weighted by Crippen LogP contribution is -2.06. The maximum Gasteiger partial charge on any atom is 0.148 e. The number of hydrogen-bond donors (Lipinski definition) is 2. The molecule has 1 aromatic carbocycles. The van der Waals surface area contributed by atoms with Crippen molar-refractivity contribution < 1.29 is 0 Å². The molecule has 0 fully saturated rings. The van der Waals surface area contributed by atoms with Crippen LogP contribution in [0.15, 0.2) is 24.3 Å². The van der Waals surface area contributed by atoms with Crippen molar-refractivity contribution in [1.82, 2.24) is 9.78 Å². The fraction of sp³-hybridized carbons (Fsp3) is 0.250. The van der Waals surface area contributed by atoms with Gasteiger partial charge >= 0.3 is 0 Å². The average molecular weight is 251 g/mol. The van der Waals surface area contributed by atoms with Crippen molar-refractivity contribution in [3.8, 4) is 0 Å². The first-order valence-corrected chi connectivity index (χ1v) is 5.73. The number of nitrogens with two attached hydrogens (primary N) is 1. The summed E-state index contributed by atoms with van der Waals surface area (Å²) in [5, 5.41) is 8.24. The van der Waals surface area contributed by atoms with Gasteiger partial charge in [0, 0.05) is 18.6 Å². The van der Waals surface area contributed by atoms with Gasteiger partial charge in [-0.1, -0.05) is 23.7 Å². The Bertz CT molecular complexity index is 533. The summed E-state index contributed by atoms with van der Waals surface area (Å²) in [4.78, 5) is 0. The Morgan fingerprint density at radius 3 is 2.82 bits per heavy atom. The molecule has 0 spiro atoms. The van der Waals surface area contributed by atoms with Gasteiger partial charge in [0.25, 0.3) is 0 Å². The second-order valence-corrected chi connectivity index (χ2v) is 4.39. The third-order valence-electron chi connectivity index (χ3n) is 2.62. The fourth-order valence-electron chi connectivity index (χ4n) is 1.72. The van der Waals surface area contributed by atoms with E-state index >= 15 is 0 Å². The largest absolute Gasteiger partial charge is 0.394 e. The van der Waals surface area contributed by atoms with E-state index in [0.717, 1.165) is 22.1 Å². The maximum atomic E-state index is 5.93. The van der Waals surface area contributed by atoms with Gasteiger partial charge in [0.1, 0.15) is 5.82 Å². The number of nitrogens with one attached hydrogen (secondary N) is 1. The summed E-state index contributed by atoms with van der Waals surface area (Å²) < 4.78 is 1.75. The highest BCUT2D eigenvalue weighted by Gasteiger charge is 2.08. The van der Waals surface area contributed by atoms with Gasteiger partial charge in [-0.15, -0.1) is 0 Å². The molecular weight excluding hydrogens is 236 g/mol. The molecule has 0 radical (unpaired) electrons. The van der Waals surface area contributed by atoms with E-state index in [1.165, 1.54) is 0 Å². The summed E-state index contributed by atoms with van der Waals surface area (Å²) in [6.45, 7) is 2.56. The Kier molecular flexibility index (Phi) is 3.24. The normalized spacial score (nSPS) is 10.5. The second kappa shape index (κ2) is 4.67. The molecule has 2 aromatic rings. The van der Waals surface area contributed by atoms with Crippen LogP contribution < -0.4 is 11.1 Å². The van der Waals surface area contributed by atoms with Crippen LogP contribution in [0.1, 0.15) is 11.3 Å². The van der Waals surface area contributed by atoms with E-state index in [1.54, 1.807) is 4.68 Å². The van der Waals surface area contributed by atoms with Crippen molar-refractivity contribution >= 4 is 23.1 Å². The molecule has 0 bridgehead atoms. The van der Waals surface area contributed by atoms with Gasteiger partial charge in [-0.25, -0.2) is 0 Å². The van der Waals surface area contributed by atoms with Crippen molar-refractivity contribution in [2.75, 3.05) is 11.1 Å². The molecule has 2 rings (SSSR count). The van der Waals surface area contributed by atoms with Gasteiger partial charge in [-0.3, -0.25) is 4.68 Å². The molecule has 0 atom stereocenters. The highest BCUT2D eigenvalue weighted by Crippen LogP contribution is 2.21. The SMILES string of the molecule is Cc1nn(C)c(NCc2cccc(Cl)c2)c1N. The minimum Gasteiger partial charge on any atom is -0.394 e. The second-order valence-electron chi connectivity index (χ2n) is 3.95. The fourth-order valence-corrected chi connectivity index (χ4v) is 1.93. The molecule has 17 heavy (non-hydrogen) atoms. The Balaban J connectivity index is 2.12. The molecular formula is C12H15ClN4. The zero-order valence-corrected chi connectivity index (χ0v) is 10.6. The van der Waals surface area contributed by atoms with E-state index in [-0.39, 0.29) is 0 Å². The number of aryl methyl sites for hydroxylation is 2. The number of halogens is 1. The van der Waals surface area contributed by atoms with Crippen molar-refractivity contribution in [1.29, 1.82) is 0 Å². The van der Waals surface area contributed by atoms with Crippen LogP contribution in [-0.2, 0) is 13.6 Å². The third kappa shape index (κ3) is 2.53. The molecule has 1 heterocycles. The molecule has 0 unspecified atom stereocenters. The lowest BCUT2D eigenvalue weighted by molar-refractivity contribution is 0.758. The lowest BCUT2D eigenvalue weighted by atomic mass is 10.2. The van der Waals surface area contributed by atoms with Gasteiger partial charge in [0.05, 0.1) is 11.4 Å². The van der Waals surface area contributed by atoms with Crippen molar-refractivity contribution in [3.05, 3.63) is 40.5 Å².